The van der Waals surface area contributed by atoms with Crippen LogP contribution in [0.25, 0.3) is 0 Å². The zero-order valence-corrected chi connectivity index (χ0v) is 11.2. The van der Waals surface area contributed by atoms with Crippen LogP contribution in [0.3, 0.4) is 0 Å². The van der Waals surface area contributed by atoms with E-state index in [1.54, 1.807) is 19.2 Å². The molecule has 0 fully saturated rings. The van der Waals surface area contributed by atoms with Crippen molar-refractivity contribution in [2.45, 2.75) is 19.3 Å². The number of tetrazole rings is 1. The molecule has 6 heteroatoms. The lowest BCUT2D eigenvalue weighted by molar-refractivity contribution is 0.569. The van der Waals surface area contributed by atoms with E-state index in [0.717, 1.165) is 18.7 Å². The third-order valence-corrected chi connectivity index (χ3v) is 2.94. The largest absolute Gasteiger partial charge is 0.316 e. The minimum absolute atomic E-state index is 0.139. The summed E-state index contributed by atoms with van der Waals surface area (Å²) >= 11 is 0. The Labute approximate surface area is 111 Å². The van der Waals surface area contributed by atoms with E-state index in [9.17, 15) is 4.39 Å². The predicted molar refractivity (Wildman–Crippen MR) is 70.2 cm³/mol. The standard InChI is InChI=1S/C13H18FN5/c1-3-15-9-11(8-13-16-18-19(2)17-13)10-5-4-6-12(14)7-10/h4-7,11,15H,3,8-9H2,1-2H3. The lowest BCUT2D eigenvalue weighted by atomic mass is 9.95. The minimum atomic E-state index is -0.217. The van der Waals surface area contributed by atoms with Crippen molar-refractivity contribution >= 4 is 0 Å². The summed E-state index contributed by atoms with van der Waals surface area (Å²) in [5, 5.41) is 15.3. The van der Waals surface area contributed by atoms with Gasteiger partial charge in [-0.15, -0.1) is 10.2 Å². The Morgan fingerprint density at radius 1 is 1.42 bits per heavy atom. The molecule has 0 bridgehead atoms. The van der Waals surface area contributed by atoms with Gasteiger partial charge < -0.3 is 5.32 Å². The van der Waals surface area contributed by atoms with Crippen LogP contribution in [0.5, 0.6) is 0 Å². The molecule has 0 spiro atoms. The highest BCUT2D eigenvalue weighted by atomic mass is 19.1. The maximum atomic E-state index is 13.3. The van der Waals surface area contributed by atoms with Crippen molar-refractivity contribution in [3.63, 3.8) is 0 Å². The summed E-state index contributed by atoms with van der Waals surface area (Å²) in [6.07, 6.45) is 0.643. The summed E-state index contributed by atoms with van der Waals surface area (Å²) in [6.45, 7) is 3.68. The third-order valence-electron chi connectivity index (χ3n) is 2.94. The smallest absolute Gasteiger partial charge is 0.175 e. The fourth-order valence-corrected chi connectivity index (χ4v) is 2.01. The molecular formula is C13H18FN5. The summed E-state index contributed by atoms with van der Waals surface area (Å²) in [4.78, 5) is 1.44. The van der Waals surface area contributed by atoms with Crippen molar-refractivity contribution in [3.05, 3.63) is 41.5 Å². The second-order valence-electron chi connectivity index (χ2n) is 4.46. The molecule has 2 rings (SSSR count). The average molecular weight is 263 g/mol. The number of rotatable bonds is 6. The predicted octanol–water partition coefficient (Wildman–Crippen LogP) is 1.28. The first-order valence-corrected chi connectivity index (χ1v) is 6.38. The van der Waals surface area contributed by atoms with E-state index in [2.05, 4.69) is 20.7 Å². The maximum Gasteiger partial charge on any atom is 0.175 e. The van der Waals surface area contributed by atoms with E-state index in [-0.39, 0.29) is 11.7 Å². The molecule has 5 nitrogen and oxygen atoms in total. The van der Waals surface area contributed by atoms with Gasteiger partial charge in [0.15, 0.2) is 5.82 Å². The van der Waals surface area contributed by atoms with Crippen LogP contribution < -0.4 is 5.32 Å². The molecule has 0 aliphatic rings. The summed E-state index contributed by atoms with van der Waals surface area (Å²) in [6, 6.07) is 6.68. The maximum absolute atomic E-state index is 13.3. The van der Waals surface area contributed by atoms with E-state index in [4.69, 9.17) is 0 Å². The molecule has 1 aromatic carbocycles. The van der Waals surface area contributed by atoms with E-state index in [1.165, 1.54) is 10.9 Å². The Hall–Kier alpha value is -1.82. The molecule has 1 aromatic heterocycles. The first-order chi connectivity index (χ1) is 9.19. The Balaban J connectivity index is 2.15. The van der Waals surface area contributed by atoms with E-state index < -0.39 is 0 Å². The minimum Gasteiger partial charge on any atom is -0.316 e. The molecule has 1 N–H and O–H groups in total. The molecule has 1 atom stereocenters. The van der Waals surface area contributed by atoms with Crippen molar-refractivity contribution < 1.29 is 4.39 Å². The number of hydrogen-bond acceptors (Lipinski definition) is 4. The van der Waals surface area contributed by atoms with Gasteiger partial charge in [-0.25, -0.2) is 4.39 Å². The molecule has 1 heterocycles. The fraction of sp³-hybridized carbons (Fsp3) is 0.462. The molecule has 19 heavy (non-hydrogen) atoms. The van der Waals surface area contributed by atoms with Gasteiger partial charge in [-0.3, -0.25) is 0 Å². The summed E-state index contributed by atoms with van der Waals surface area (Å²) in [7, 11) is 1.73. The molecule has 102 valence electrons. The number of benzene rings is 1. The van der Waals surface area contributed by atoms with Crippen molar-refractivity contribution in [2.24, 2.45) is 7.05 Å². The average Bonchev–Trinajstić information content (AvgIpc) is 2.80. The Morgan fingerprint density at radius 3 is 2.89 bits per heavy atom. The Kier molecular flexibility index (Phi) is 4.57. The van der Waals surface area contributed by atoms with E-state index in [0.29, 0.717) is 12.2 Å². The highest BCUT2D eigenvalue weighted by molar-refractivity contribution is 5.22. The molecule has 0 saturated heterocycles. The third kappa shape index (κ3) is 3.82. The van der Waals surface area contributed by atoms with Gasteiger partial charge in [0.05, 0.1) is 7.05 Å². The van der Waals surface area contributed by atoms with Gasteiger partial charge in [-0.05, 0) is 29.5 Å². The van der Waals surface area contributed by atoms with Crippen LogP contribution in [-0.2, 0) is 13.5 Å². The fourth-order valence-electron chi connectivity index (χ4n) is 2.01. The van der Waals surface area contributed by atoms with Gasteiger partial charge in [-0.1, -0.05) is 19.1 Å². The van der Waals surface area contributed by atoms with Crippen LogP contribution >= 0.6 is 0 Å². The molecule has 0 radical (unpaired) electrons. The Morgan fingerprint density at radius 2 is 2.26 bits per heavy atom. The number of nitrogens with one attached hydrogen (secondary N) is 1. The number of aryl methyl sites for hydroxylation is 1. The SMILES string of the molecule is CCNCC(Cc1nnn(C)n1)c1cccc(F)c1. The molecule has 0 aliphatic carbocycles. The molecule has 2 aromatic rings. The summed E-state index contributed by atoms with van der Waals surface area (Å²) < 4.78 is 13.3. The second-order valence-corrected chi connectivity index (χ2v) is 4.46. The number of hydrogen-bond donors (Lipinski definition) is 1. The van der Waals surface area contributed by atoms with Gasteiger partial charge >= 0.3 is 0 Å². The summed E-state index contributed by atoms with van der Waals surface area (Å²) in [5.41, 5.74) is 0.952. The number of halogens is 1. The summed E-state index contributed by atoms with van der Waals surface area (Å²) in [5.74, 6) is 0.598. The van der Waals surface area contributed by atoms with Crippen LogP contribution in [0.4, 0.5) is 4.39 Å². The van der Waals surface area contributed by atoms with Crippen LogP contribution in [0.2, 0.25) is 0 Å². The van der Waals surface area contributed by atoms with Crippen molar-refractivity contribution in [1.29, 1.82) is 0 Å². The van der Waals surface area contributed by atoms with E-state index in [1.807, 2.05) is 13.0 Å². The number of likely N-dealkylation sites (N-methyl/N-ethyl adjacent to an activating group) is 1. The van der Waals surface area contributed by atoms with Crippen molar-refractivity contribution in [1.82, 2.24) is 25.5 Å². The van der Waals surface area contributed by atoms with Crippen LogP contribution in [0.15, 0.2) is 24.3 Å². The lowest BCUT2D eigenvalue weighted by Crippen LogP contribution is -2.23. The highest BCUT2D eigenvalue weighted by Gasteiger charge is 2.15. The number of nitrogens with zero attached hydrogens (tertiary/aromatic N) is 4. The van der Waals surface area contributed by atoms with E-state index >= 15 is 0 Å². The van der Waals surface area contributed by atoms with Crippen molar-refractivity contribution in [2.75, 3.05) is 13.1 Å². The van der Waals surface area contributed by atoms with Gasteiger partial charge in [0, 0.05) is 18.9 Å². The topological polar surface area (TPSA) is 55.6 Å². The normalized spacial score (nSPS) is 12.6. The van der Waals surface area contributed by atoms with Crippen LogP contribution in [0, 0.1) is 5.82 Å². The monoisotopic (exact) mass is 263 g/mol. The zero-order chi connectivity index (χ0) is 13.7. The quantitative estimate of drug-likeness (QED) is 0.853. The molecular weight excluding hydrogens is 245 g/mol. The number of aromatic nitrogens is 4. The van der Waals surface area contributed by atoms with Gasteiger partial charge in [0.2, 0.25) is 0 Å². The van der Waals surface area contributed by atoms with Crippen LogP contribution in [-0.4, -0.2) is 33.3 Å². The molecule has 0 aliphatic heterocycles. The Bertz CT molecular complexity index is 525. The first-order valence-electron chi connectivity index (χ1n) is 6.38. The molecule has 0 saturated carbocycles. The first kappa shape index (κ1) is 13.6. The highest BCUT2D eigenvalue weighted by Crippen LogP contribution is 2.19. The second kappa shape index (κ2) is 6.38. The van der Waals surface area contributed by atoms with Crippen molar-refractivity contribution in [3.8, 4) is 0 Å². The molecule has 1 unspecified atom stereocenters. The molecule has 0 amide bonds. The zero-order valence-electron chi connectivity index (χ0n) is 11.2. The lowest BCUT2D eigenvalue weighted by Gasteiger charge is -2.16. The van der Waals surface area contributed by atoms with Gasteiger partial charge in [0.25, 0.3) is 0 Å². The van der Waals surface area contributed by atoms with Crippen LogP contribution in [0.1, 0.15) is 24.2 Å². The van der Waals surface area contributed by atoms with Gasteiger partial charge in [0.1, 0.15) is 5.82 Å². The van der Waals surface area contributed by atoms with Gasteiger partial charge in [-0.2, -0.15) is 4.80 Å².